The van der Waals surface area contributed by atoms with Crippen molar-refractivity contribution in [1.29, 1.82) is 5.26 Å². The maximum Gasteiger partial charge on any atom is 0.102 e. The van der Waals surface area contributed by atoms with Crippen LogP contribution in [-0.4, -0.2) is 5.75 Å². The number of fused-ring (bicyclic) bond motifs is 1. The molecule has 98 valence electrons. The van der Waals surface area contributed by atoms with E-state index < -0.39 is 0 Å². The first-order valence-corrected chi connectivity index (χ1v) is 7.94. The Balaban J connectivity index is 2.01. The van der Waals surface area contributed by atoms with Gasteiger partial charge >= 0.3 is 0 Å². The molecule has 20 heavy (non-hydrogen) atoms. The minimum Gasteiger partial charge on any atom is -0.356 e. The van der Waals surface area contributed by atoms with Gasteiger partial charge in [-0.25, -0.2) is 0 Å². The Morgan fingerprint density at radius 2 is 1.90 bits per heavy atom. The van der Waals surface area contributed by atoms with Crippen molar-refractivity contribution in [2.75, 3.05) is 11.1 Å². The van der Waals surface area contributed by atoms with E-state index in [1.165, 1.54) is 4.90 Å². The average Bonchev–Trinajstić information content (AvgIpc) is 2.50. The normalized spacial score (nSPS) is 15.8. The highest BCUT2D eigenvalue weighted by Gasteiger charge is 2.16. The van der Waals surface area contributed by atoms with Gasteiger partial charge in [-0.2, -0.15) is 5.26 Å². The number of nitrogens with one attached hydrogen (secondary N) is 1. The zero-order chi connectivity index (χ0) is 13.9. The monoisotopic (exact) mass is 342 g/mol. The topological polar surface area (TPSA) is 35.8 Å². The van der Waals surface area contributed by atoms with Crippen molar-refractivity contribution in [3.8, 4) is 6.07 Å². The fourth-order valence-corrected chi connectivity index (χ4v) is 3.33. The number of thioether (sulfide) groups is 1. The molecule has 4 heteroatoms. The van der Waals surface area contributed by atoms with Crippen molar-refractivity contribution in [3.05, 3.63) is 64.3 Å². The van der Waals surface area contributed by atoms with E-state index in [4.69, 9.17) is 0 Å². The standard InChI is InChI=1S/C16H11BrN2S/c17-12-7-5-11(6-8-12)13(9-18)15-10-20-16-4-2-1-3-14(16)19-15/h1-8,19H,10H2. The maximum absolute atomic E-state index is 9.48. The van der Waals surface area contributed by atoms with Crippen LogP contribution in [0.5, 0.6) is 0 Å². The Morgan fingerprint density at radius 1 is 1.15 bits per heavy atom. The quantitative estimate of drug-likeness (QED) is 0.748. The number of benzene rings is 2. The molecule has 2 nitrogen and oxygen atoms in total. The maximum atomic E-state index is 9.48. The number of nitrogens with zero attached hydrogens (tertiary/aromatic N) is 1. The molecular formula is C16H11BrN2S. The summed E-state index contributed by atoms with van der Waals surface area (Å²) >= 11 is 5.17. The second kappa shape index (κ2) is 5.74. The highest BCUT2D eigenvalue weighted by Crippen LogP contribution is 2.36. The molecule has 0 aliphatic carbocycles. The first kappa shape index (κ1) is 13.3. The largest absolute Gasteiger partial charge is 0.356 e. The van der Waals surface area contributed by atoms with Crippen LogP contribution in [0.25, 0.3) is 5.57 Å². The third-order valence-corrected chi connectivity index (χ3v) is 4.72. The van der Waals surface area contributed by atoms with Gasteiger partial charge in [0.1, 0.15) is 6.07 Å². The first-order chi connectivity index (χ1) is 9.78. The van der Waals surface area contributed by atoms with E-state index >= 15 is 0 Å². The van der Waals surface area contributed by atoms with Crippen LogP contribution in [-0.2, 0) is 0 Å². The molecule has 1 aliphatic rings. The highest BCUT2D eigenvalue weighted by molar-refractivity contribution is 9.10. The molecule has 1 heterocycles. The fourth-order valence-electron chi connectivity index (χ4n) is 2.10. The second-order valence-electron chi connectivity index (χ2n) is 4.38. The molecule has 0 unspecified atom stereocenters. The zero-order valence-corrected chi connectivity index (χ0v) is 13.0. The van der Waals surface area contributed by atoms with Crippen LogP contribution in [0.1, 0.15) is 5.56 Å². The minimum atomic E-state index is 0.708. The van der Waals surface area contributed by atoms with Gasteiger partial charge in [-0.05, 0) is 29.8 Å². The van der Waals surface area contributed by atoms with Crippen molar-refractivity contribution < 1.29 is 0 Å². The summed E-state index contributed by atoms with van der Waals surface area (Å²) in [7, 11) is 0. The molecule has 0 atom stereocenters. The summed E-state index contributed by atoms with van der Waals surface area (Å²) in [5, 5.41) is 12.9. The smallest absolute Gasteiger partial charge is 0.102 e. The third-order valence-electron chi connectivity index (χ3n) is 3.09. The molecule has 0 bridgehead atoms. The molecule has 0 saturated carbocycles. The number of hydrogen-bond donors (Lipinski definition) is 1. The lowest BCUT2D eigenvalue weighted by molar-refractivity contribution is 1.29. The lowest BCUT2D eigenvalue weighted by Crippen LogP contribution is -2.10. The number of hydrogen-bond acceptors (Lipinski definition) is 3. The number of para-hydroxylation sites is 1. The summed E-state index contributed by atoms with van der Waals surface area (Å²) in [5.74, 6) is 0.788. The van der Waals surface area contributed by atoms with Crippen LogP contribution < -0.4 is 5.32 Å². The van der Waals surface area contributed by atoms with E-state index in [9.17, 15) is 5.26 Å². The summed E-state index contributed by atoms with van der Waals surface area (Å²) in [6.45, 7) is 0. The molecule has 1 N–H and O–H groups in total. The minimum absolute atomic E-state index is 0.708. The SMILES string of the molecule is N#CC(=C1CSc2ccccc2N1)c1ccc(Br)cc1. The summed E-state index contributed by atoms with van der Waals surface area (Å²) < 4.78 is 1.01. The van der Waals surface area contributed by atoms with Gasteiger partial charge in [-0.15, -0.1) is 11.8 Å². The number of nitriles is 1. The zero-order valence-electron chi connectivity index (χ0n) is 10.6. The van der Waals surface area contributed by atoms with Gasteiger partial charge in [0.05, 0.1) is 11.3 Å². The lowest BCUT2D eigenvalue weighted by atomic mass is 10.1. The van der Waals surface area contributed by atoms with Gasteiger partial charge in [0.2, 0.25) is 0 Å². The lowest BCUT2D eigenvalue weighted by Gasteiger charge is -2.21. The van der Waals surface area contributed by atoms with Gasteiger partial charge in [-0.3, -0.25) is 0 Å². The summed E-state index contributed by atoms with van der Waals surface area (Å²) in [6, 6.07) is 18.3. The van der Waals surface area contributed by atoms with Gasteiger partial charge < -0.3 is 5.32 Å². The van der Waals surface area contributed by atoms with E-state index in [1.54, 1.807) is 11.8 Å². The number of allylic oxidation sites excluding steroid dienone is 1. The van der Waals surface area contributed by atoms with E-state index in [1.807, 2.05) is 42.5 Å². The Kier molecular flexibility index (Phi) is 3.81. The first-order valence-electron chi connectivity index (χ1n) is 6.16. The Labute approximate surface area is 130 Å². The van der Waals surface area contributed by atoms with E-state index in [0.29, 0.717) is 5.57 Å². The van der Waals surface area contributed by atoms with Crippen molar-refractivity contribution >= 4 is 39.0 Å². The van der Waals surface area contributed by atoms with E-state index in [2.05, 4.69) is 33.4 Å². The molecule has 0 radical (unpaired) electrons. The summed E-state index contributed by atoms with van der Waals surface area (Å²) in [4.78, 5) is 1.23. The number of rotatable bonds is 1. The molecule has 0 spiro atoms. The summed E-state index contributed by atoms with van der Waals surface area (Å²) in [5.41, 5.74) is 3.69. The van der Waals surface area contributed by atoms with Crippen LogP contribution in [0.4, 0.5) is 5.69 Å². The van der Waals surface area contributed by atoms with E-state index in [0.717, 1.165) is 27.2 Å². The van der Waals surface area contributed by atoms with Gasteiger partial charge in [0.25, 0.3) is 0 Å². The molecular weight excluding hydrogens is 332 g/mol. The van der Waals surface area contributed by atoms with Crippen molar-refractivity contribution in [2.45, 2.75) is 4.90 Å². The number of halogens is 1. The van der Waals surface area contributed by atoms with Crippen molar-refractivity contribution in [1.82, 2.24) is 0 Å². The predicted octanol–water partition coefficient (Wildman–Crippen LogP) is 4.90. The van der Waals surface area contributed by atoms with Gasteiger partial charge in [0, 0.05) is 20.8 Å². The fraction of sp³-hybridized carbons (Fsp3) is 0.0625. The van der Waals surface area contributed by atoms with E-state index in [-0.39, 0.29) is 0 Å². The molecule has 0 fully saturated rings. The molecule has 0 amide bonds. The molecule has 0 saturated heterocycles. The van der Waals surface area contributed by atoms with Gasteiger partial charge in [-0.1, -0.05) is 40.2 Å². The summed E-state index contributed by atoms with van der Waals surface area (Å²) in [6.07, 6.45) is 0. The van der Waals surface area contributed by atoms with Crippen LogP contribution >= 0.6 is 27.7 Å². The Bertz CT molecular complexity index is 714. The van der Waals surface area contributed by atoms with Crippen LogP contribution in [0, 0.1) is 11.3 Å². The van der Waals surface area contributed by atoms with Crippen molar-refractivity contribution in [2.24, 2.45) is 0 Å². The number of anilines is 1. The molecule has 0 aromatic heterocycles. The van der Waals surface area contributed by atoms with Crippen LogP contribution in [0.15, 0.2) is 63.6 Å². The van der Waals surface area contributed by atoms with Crippen LogP contribution in [0.2, 0.25) is 0 Å². The Morgan fingerprint density at radius 3 is 2.65 bits per heavy atom. The van der Waals surface area contributed by atoms with Crippen LogP contribution in [0.3, 0.4) is 0 Å². The van der Waals surface area contributed by atoms with Gasteiger partial charge in [0.15, 0.2) is 0 Å². The predicted molar refractivity (Wildman–Crippen MR) is 87.5 cm³/mol. The molecule has 1 aliphatic heterocycles. The van der Waals surface area contributed by atoms with Crippen molar-refractivity contribution in [3.63, 3.8) is 0 Å². The third kappa shape index (κ3) is 2.60. The molecule has 3 rings (SSSR count). The molecule has 2 aromatic rings. The molecule has 2 aromatic carbocycles. The average molecular weight is 343 g/mol. The highest BCUT2D eigenvalue weighted by atomic mass is 79.9. The second-order valence-corrected chi connectivity index (χ2v) is 6.31. The Hall–Kier alpha value is -1.70.